The quantitative estimate of drug-likeness (QED) is 0.331. The number of nitro groups is 1. The third kappa shape index (κ3) is 5.63. The van der Waals surface area contributed by atoms with Crippen LogP contribution in [0.2, 0.25) is 0 Å². The molecule has 0 aromatic heterocycles. The van der Waals surface area contributed by atoms with E-state index in [9.17, 15) is 24.5 Å². The van der Waals surface area contributed by atoms with Gasteiger partial charge in [0.15, 0.2) is 6.10 Å². The number of nitro benzene ring substituents is 1. The van der Waals surface area contributed by atoms with Crippen LogP contribution in [0.25, 0.3) is 6.08 Å². The summed E-state index contributed by atoms with van der Waals surface area (Å²) in [5, 5.41) is 10.7. The molecule has 9 heteroatoms. The van der Waals surface area contributed by atoms with E-state index in [4.69, 9.17) is 4.74 Å². The fourth-order valence-corrected chi connectivity index (χ4v) is 2.67. The first-order valence-electron chi connectivity index (χ1n) is 8.45. The molecule has 2 rings (SSSR count). The Balaban J connectivity index is 1.88. The topological polar surface area (TPSA) is 110 Å². The molecule has 144 valence electrons. The van der Waals surface area contributed by atoms with Crippen LogP contribution >= 0.6 is 0 Å². The summed E-state index contributed by atoms with van der Waals surface area (Å²) in [5.41, 5.74) is 0.388. The molecule has 0 saturated carbocycles. The van der Waals surface area contributed by atoms with Gasteiger partial charge in [-0.1, -0.05) is 12.1 Å². The number of benzene rings is 1. The minimum Gasteiger partial charge on any atom is -0.449 e. The van der Waals surface area contributed by atoms with Crippen molar-refractivity contribution < 1.29 is 24.0 Å². The molecule has 2 amide bonds. The van der Waals surface area contributed by atoms with E-state index >= 15 is 0 Å². The zero-order valence-electron chi connectivity index (χ0n) is 15.2. The first kappa shape index (κ1) is 20.1. The van der Waals surface area contributed by atoms with Gasteiger partial charge in [-0.05, 0) is 18.6 Å². The van der Waals surface area contributed by atoms with Gasteiger partial charge in [0.05, 0.1) is 4.92 Å². The van der Waals surface area contributed by atoms with Gasteiger partial charge in [-0.15, -0.1) is 0 Å². The van der Waals surface area contributed by atoms with Gasteiger partial charge in [0.2, 0.25) is 5.91 Å². The van der Waals surface area contributed by atoms with E-state index in [1.165, 1.54) is 38.1 Å². The Morgan fingerprint density at radius 3 is 2.41 bits per heavy atom. The maximum absolute atomic E-state index is 12.4. The van der Waals surface area contributed by atoms with Crippen LogP contribution in [0.5, 0.6) is 0 Å². The number of nitrogens with zero attached hydrogens (tertiary/aromatic N) is 3. The number of hydrogen-bond acceptors (Lipinski definition) is 6. The number of amides is 2. The lowest BCUT2D eigenvalue weighted by molar-refractivity contribution is -0.384. The number of piperazine rings is 1. The van der Waals surface area contributed by atoms with E-state index in [0.717, 1.165) is 6.08 Å². The number of carbonyl (C=O) groups is 3. The van der Waals surface area contributed by atoms with Gasteiger partial charge in [0.1, 0.15) is 0 Å². The average molecular weight is 375 g/mol. The number of non-ortho nitro benzene ring substituents is 1. The molecule has 1 aliphatic heterocycles. The predicted molar refractivity (Wildman–Crippen MR) is 96.5 cm³/mol. The fraction of sp³-hybridized carbons (Fsp3) is 0.389. The number of hydrogen-bond donors (Lipinski definition) is 0. The molecule has 9 nitrogen and oxygen atoms in total. The summed E-state index contributed by atoms with van der Waals surface area (Å²) >= 11 is 0. The second kappa shape index (κ2) is 8.93. The van der Waals surface area contributed by atoms with Crippen molar-refractivity contribution in [3.8, 4) is 0 Å². The lowest BCUT2D eigenvalue weighted by Gasteiger charge is -2.35. The lowest BCUT2D eigenvalue weighted by Crippen LogP contribution is -2.52. The monoisotopic (exact) mass is 375 g/mol. The summed E-state index contributed by atoms with van der Waals surface area (Å²) in [6, 6.07) is 5.80. The Bertz CT molecular complexity index is 768. The van der Waals surface area contributed by atoms with Crippen LogP contribution < -0.4 is 0 Å². The molecule has 1 fully saturated rings. The van der Waals surface area contributed by atoms with Crippen LogP contribution in [0, 0.1) is 10.1 Å². The molecule has 0 N–H and O–H groups in total. The molecule has 0 spiro atoms. The number of ether oxygens (including phenoxy) is 1. The lowest BCUT2D eigenvalue weighted by atomic mass is 10.2. The van der Waals surface area contributed by atoms with Crippen molar-refractivity contribution in [2.45, 2.75) is 20.0 Å². The third-order valence-electron chi connectivity index (χ3n) is 4.17. The Kier molecular flexibility index (Phi) is 6.64. The zero-order valence-corrected chi connectivity index (χ0v) is 15.2. The molecule has 1 atom stereocenters. The van der Waals surface area contributed by atoms with E-state index in [0.29, 0.717) is 31.7 Å². The van der Waals surface area contributed by atoms with Gasteiger partial charge in [0.25, 0.3) is 11.6 Å². The van der Waals surface area contributed by atoms with E-state index in [-0.39, 0.29) is 17.5 Å². The first-order chi connectivity index (χ1) is 12.8. The molecule has 27 heavy (non-hydrogen) atoms. The van der Waals surface area contributed by atoms with Gasteiger partial charge in [-0.25, -0.2) is 4.79 Å². The molecular weight excluding hydrogens is 354 g/mol. The number of esters is 1. The SMILES string of the molecule is CC(=O)N1CCN(C(=O)C(C)OC(=O)/C=C/c2cccc([N+](=O)[O-])c2)CC1. The molecule has 0 bridgehead atoms. The minimum atomic E-state index is -0.962. The normalized spacial score (nSPS) is 15.5. The Hall–Kier alpha value is -3.23. The molecule has 1 aliphatic rings. The van der Waals surface area contributed by atoms with Crippen LogP contribution in [0.3, 0.4) is 0 Å². The molecule has 1 heterocycles. The average Bonchev–Trinajstić information content (AvgIpc) is 2.66. The highest BCUT2D eigenvalue weighted by molar-refractivity contribution is 5.90. The Labute approximate surface area is 156 Å². The van der Waals surface area contributed by atoms with Crippen LogP contribution in [0.15, 0.2) is 30.3 Å². The summed E-state index contributed by atoms with van der Waals surface area (Å²) in [5.74, 6) is -1.08. The second-order valence-electron chi connectivity index (χ2n) is 6.10. The van der Waals surface area contributed by atoms with Gasteiger partial charge in [-0.2, -0.15) is 0 Å². The fourth-order valence-electron chi connectivity index (χ4n) is 2.67. The second-order valence-corrected chi connectivity index (χ2v) is 6.10. The molecule has 0 radical (unpaired) electrons. The van der Waals surface area contributed by atoms with Crippen molar-refractivity contribution in [1.82, 2.24) is 9.80 Å². The van der Waals surface area contributed by atoms with Gasteiger partial charge < -0.3 is 14.5 Å². The highest BCUT2D eigenvalue weighted by Gasteiger charge is 2.27. The van der Waals surface area contributed by atoms with Crippen molar-refractivity contribution >= 4 is 29.5 Å². The largest absolute Gasteiger partial charge is 0.449 e. The van der Waals surface area contributed by atoms with Crippen molar-refractivity contribution in [2.24, 2.45) is 0 Å². The number of carbonyl (C=O) groups excluding carboxylic acids is 3. The molecule has 1 unspecified atom stereocenters. The van der Waals surface area contributed by atoms with E-state index < -0.39 is 17.0 Å². The van der Waals surface area contributed by atoms with Crippen molar-refractivity contribution in [3.63, 3.8) is 0 Å². The summed E-state index contributed by atoms with van der Waals surface area (Å²) < 4.78 is 5.11. The predicted octanol–water partition coefficient (Wildman–Crippen LogP) is 1.23. The highest BCUT2D eigenvalue weighted by atomic mass is 16.6. The van der Waals surface area contributed by atoms with Crippen LogP contribution in [-0.4, -0.2) is 64.8 Å². The van der Waals surface area contributed by atoms with Gasteiger partial charge >= 0.3 is 5.97 Å². The van der Waals surface area contributed by atoms with E-state index in [2.05, 4.69) is 0 Å². The summed E-state index contributed by atoms with van der Waals surface area (Å²) in [7, 11) is 0. The van der Waals surface area contributed by atoms with Crippen molar-refractivity contribution in [1.29, 1.82) is 0 Å². The van der Waals surface area contributed by atoms with Crippen molar-refractivity contribution in [2.75, 3.05) is 26.2 Å². The third-order valence-corrected chi connectivity index (χ3v) is 4.17. The number of rotatable bonds is 5. The Morgan fingerprint density at radius 2 is 1.81 bits per heavy atom. The van der Waals surface area contributed by atoms with Gasteiger partial charge in [-0.3, -0.25) is 19.7 Å². The Morgan fingerprint density at radius 1 is 1.19 bits per heavy atom. The molecule has 1 saturated heterocycles. The molecule has 0 aliphatic carbocycles. The highest BCUT2D eigenvalue weighted by Crippen LogP contribution is 2.14. The first-order valence-corrected chi connectivity index (χ1v) is 8.45. The maximum Gasteiger partial charge on any atom is 0.331 e. The van der Waals surface area contributed by atoms with Crippen LogP contribution in [0.1, 0.15) is 19.4 Å². The minimum absolute atomic E-state index is 0.0344. The smallest absolute Gasteiger partial charge is 0.331 e. The molecule has 1 aromatic rings. The van der Waals surface area contributed by atoms with Crippen LogP contribution in [0.4, 0.5) is 5.69 Å². The van der Waals surface area contributed by atoms with Crippen molar-refractivity contribution in [3.05, 3.63) is 46.0 Å². The molecule has 1 aromatic carbocycles. The summed E-state index contributed by atoms with van der Waals surface area (Å²) in [4.78, 5) is 49.0. The van der Waals surface area contributed by atoms with Crippen LogP contribution in [-0.2, 0) is 19.1 Å². The standard InChI is InChI=1S/C18H21N3O6/c1-13(18(24)20-10-8-19(9-11-20)14(2)22)27-17(23)7-6-15-4-3-5-16(12-15)21(25)26/h3-7,12-13H,8-11H2,1-2H3/b7-6+. The summed E-state index contributed by atoms with van der Waals surface area (Å²) in [6.07, 6.45) is 1.55. The maximum atomic E-state index is 12.4. The summed E-state index contributed by atoms with van der Waals surface area (Å²) in [6.45, 7) is 4.66. The van der Waals surface area contributed by atoms with Gasteiger partial charge in [0, 0.05) is 51.3 Å². The van der Waals surface area contributed by atoms with E-state index in [1.54, 1.807) is 15.9 Å². The molecular formula is C18H21N3O6. The van der Waals surface area contributed by atoms with E-state index in [1.807, 2.05) is 0 Å². The zero-order chi connectivity index (χ0) is 20.0.